The van der Waals surface area contributed by atoms with Crippen LogP contribution in [0.5, 0.6) is 0 Å². The Morgan fingerprint density at radius 2 is 1.75 bits per heavy atom. The first-order chi connectivity index (χ1) is 18.7. The molecule has 2 atom stereocenters. The van der Waals surface area contributed by atoms with Gasteiger partial charge in [0.05, 0.1) is 5.92 Å². The number of carbonyl (C=O) groups is 3. The lowest BCUT2D eigenvalue weighted by Gasteiger charge is -2.43. The minimum atomic E-state index is -2.84. The number of likely N-dealkylation sites (N-methyl/N-ethyl adjacent to an activating group) is 1. The molecule has 0 radical (unpaired) electrons. The number of aryl methyl sites for hydroxylation is 1. The smallest absolute Gasteiger partial charge is 0.410 e. The molecule has 2 fully saturated rings. The van der Waals surface area contributed by atoms with Crippen molar-refractivity contribution in [3.05, 3.63) is 65.5 Å². The van der Waals surface area contributed by atoms with Gasteiger partial charge in [-0.15, -0.1) is 0 Å². The molecule has 40 heavy (non-hydrogen) atoms. The molecule has 2 aliphatic rings. The molecule has 7 nitrogen and oxygen atoms in total. The van der Waals surface area contributed by atoms with Crippen LogP contribution < -0.4 is 4.90 Å². The Morgan fingerprint density at radius 1 is 1.07 bits per heavy atom. The van der Waals surface area contributed by atoms with Crippen molar-refractivity contribution >= 4 is 23.6 Å². The second-order valence-electron chi connectivity index (χ2n) is 11.7. The molecule has 0 bridgehead atoms. The van der Waals surface area contributed by atoms with Crippen molar-refractivity contribution in [2.45, 2.75) is 70.6 Å². The van der Waals surface area contributed by atoms with E-state index in [9.17, 15) is 27.6 Å². The minimum absolute atomic E-state index is 0.0684. The Morgan fingerprint density at radius 3 is 2.35 bits per heavy atom. The van der Waals surface area contributed by atoms with Crippen LogP contribution in [0.2, 0.25) is 0 Å². The molecule has 10 heteroatoms. The summed E-state index contributed by atoms with van der Waals surface area (Å²) in [5, 5.41) is 0. The lowest BCUT2D eigenvalue weighted by Crippen LogP contribution is -2.55. The zero-order valence-corrected chi connectivity index (χ0v) is 23.5. The summed E-state index contributed by atoms with van der Waals surface area (Å²) in [7, 11) is 1.46. The number of benzene rings is 2. The number of hydrogen-bond acceptors (Lipinski definition) is 4. The number of ether oxygens (including phenoxy) is 1. The third-order valence-electron chi connectivity index (χ3n) is 7.45. The van der Waals surface area contributed by atoms with Gasteiger partial charge in [-0.25, -0.2) is 18.0 Å². The molecule has 2 aromatic carbocycles. The van der Waals surface area contributed by atoms with Crippen LogP contribution in [0.25, 0.3) is 0 Å². The van der Waals surface area contributed by atoms with Gasteiger partial charge in [-0.2, -0.15) is 0 Å². The van der Waals surface area contributed by atoms with Crippen molar-refractivity contribution in [1.29, 1.82) is 0 Å². The summed E-state index contributed by atoms with van der Waals surface area (Å²) in [6.45, 7) is 7.40. The molecule has 2 aromatic rings. The van der Waals surface area contributed by atoms with Crippen molar-refractivity contribution in [1.82, 2.24) is 9.80 Å². The minimum Gasteiger partial charge on any atom is -0.444 e. The SMILES string of the molecule is Cc1ccccc1C(C(=O)N(C)C1CC(F)(F)C1)N(C(=O)[C@H]1CCN(C(=O)OC(C)(C)C)C1)c1cccc(F)c1. The van der Waals surface area contributed by atoms with E-state index in [1.807, 2.05) is 0 Å². The zero-order valence-electron chi connectivity index (χ0n) is 23.5. The van der Waals surface area contributed by atoms with E-state index in [0.717, 1.165) is 0 Å². The fourth-order valence-electron chi connectivity index (χ4n) is 5.23. The Balaban J connectivity index is 1.73. The number of rotatable bonds is 6. The highest BCUT2D eigenvalue weighted by Crippen LogP contribution is 2.42. The number of alkyl halides is 2. The van der Waals surface area contributed by atoms with Crippen LogP contribution in [0.15, 0.2) is 48.5 Å². The summed E-state index contributed by atoms with van der Waals surface area (Å²) in [6.07, 6.45) is -1.14. The molecule has 0 aromatic heterocycles. The van der Waals surface area contributed by atoms with Gasteiger partial charge in [-0.3, -0.25) is 14.5 Å². The number of likely N-dealkylation sites (tertiary alicyclic amines) is 1. The van der Waals surface area contributed by atoms with Gasteiger partial charge >= 0.3 is 6.09 Å². The van der Waals surface area contributed by atoms with Crippen LogP contribution in [-0.4, -0.2) is 65.4 Å². The third-order valence-corrected chi connectivity index (χ3v) is 7.45. The number of carbonyl (C=O) groups excluding carboxylic acids is 3. The molecule has 0 N–H and O–H groups in total. The van der Waals surface area contributed by atoms with Crippen LogP contribution in [0.3, 0.4) is 0 Å². The van der Waals surface area contributed by atoms with Crippen LogP contribution in [0.4, 0.5) is 23.7 Å². The van der Waals surface area contributed by atoms with Crippen molar-refractivity contribution < 1.29 is 32.3 Å². The van der Waals surface area contributed by atoms with Gasteiger partial charge in [-0.05, 0) is 63.4 Å². The maximum absolute atomic E-state index is 14.5. The Bertz CT molecular complexity index is 1270. The third kappa shape index (κ3) is 6.42. The molecule has 1 saturated heterocycles. The largest absolute Gasteiger partial charge is 0.444 e. The lowest BCUT2D eigenvalue weighted by atomic mass is 9.86. The lowest BCUT2D eigenvalue weighted by molar-refractivity contribution is -0.152. The summed E-state index contributed by atoms with van der Waals surface area (Å²) < 4.78 is 47.4. The van der Waals surface area contributed by atoms with E-state index in [1.54, 1.807) is 52.0 Å². The molecule has 0 spiro atoms. The van der Waals surface area contributed by atoms with E-state index < -0.39 is 66.1 Å². The second kappa shape index (κ2) is 11.1. The van der Waals surface area contributed by atoms with Gasteiger partial charge < -0.3 is 14.5 Å². The molecule has 4 rings (SSSR count). The highest BCUT2D eigenvalue weighted by molar-refractivity contribution is 6.03. The Kier molecular flexibility index (Phi) is 8.19. The van der Waals surface area contributed by atoms with Crippen LogP contribution in [0.1, 0.15) is 57.2 Å². The van der Waals surface area contributed by atoms with Gasteiger partial charge in [0.15, 0.2) is 0 Å². The van der Waals surface area contributed by atoms with E-state index in [4.69, 9.17) is 4.74 Å². The molecule has 1 aliphatic carbocycles. The normalized spacial score (nSPS) is 19.5. The molecule has 1 saturated carbocycles. The summed E-state index contributed by atoms with van der Waals surface area (Å²) in [4.78, 5) is 45.0. The maximum atomic E-state index is 14.5. The van der Waals surface area contributed by atoms with Crippen LogP contribution in [-0.2, 0) is 14.3 Å². The van der Waals surface area contributed by atoms with E-state index >= 15 is 0 Å². The van der Waals surface area contributed by atoms with Gasteiger partial charge in [0, 0.05) is 44.7 Å². The Hall–Kier alpha value is -3.56. The molecular weight excluding hydrogens is 523 g/mol. The number of anilines is 1. The topological polar surface area (TPSA) is 70.2 Å². The first-order valence-electron chi connectivity index (χ1n) is 13.4. The molecule has 1 heterocycles. The van der Waals surface area contributed by atoms with Crippen LogP contribution >= 0.6 is 0 Å². The fraction of sp³-hybridized carbons (Fsp3) is 0.500. The second-order valence-corrected chi connectivity index (χ2v) is 11.7. The van der Waals surface area contributed by atoms with Gasteiger partial charge in [0.2, 0.25) is 11.8 Å². The van der Waals surface area contributed by atoms with Crippen LogP contribution in [0, 0.1) is 18.7 Å². The van der Waals surface area contributed by atoms with Gasteiger partial charge in [0.1, 0.15) is 17.5 Å². The average Bonchev–Trinajstić information content (AvgIpc) is 3.35. The zero-order chi connectivity index (χ0) is 29.4. The molecule has 1 unspecified atom stereocenters. The van der Waals surface area contributed by atoms with E-state index in [1.165, 1.54) is 46.0 Å². The van der Waals surface area contributed by atoms with Crippen molar-refractivity contribution in [3.8, 4) is 0 Å². The predicted octanol–water partition coefficient (Wildman–Crippen LogP) is 5.72. The summed E-state index contributed by atoms with van der Waals surface area (Å²) in [5.74, 6) is -5.14. The summed E-state index contributed by atoms with van der Waals surface area (Å²) in [5.41, 5.74) is 0.668. The number of hydrogen-bond donors (Lipinski definition) is 0. The quantitative estimate of drug-likeness (QED) is 0.454. The fourth-order valence-corrected chi connectivity index (χ4v) is 5.23. The number of nitrogens with zero attached hydrogens (tertiary/aromatic N) is 3. The molecule has 3 amide bonds. The molecule has 1 aliphatic heterocycles. The van der Waals surface area contributed by atoms with Gasteiger partial charge in [-0.1, -0.05) is 30.3 Å². The molecule has 216 valence electrons. The average molecular weight is 560 g/mol. The monoisotopic (exact) mass is 559 g/mol. The maximum Gasteiger partial charge on any atom is 0.410 e. The highest BCUT2D eigenvalue weighted by atomic mass is 19.3. The predicted molar refractivity (Wildman–Crippen MR) is 144 cm³/mol. The molecular formula is C30H36F3N3O4. The standard InChI is InChI=1S/C30H36F3N3O4/c1-19-9-6-7-12-24(19)25(27(38)34(5)23-16-30(32,33)17-23)36(22-11-8-10-21(31)15-22)26(37)20-13-14-35(18-20)28(39)40-29(2,3)4/h6-12,15,20,23,25H,13-14,16-18H2,1-5H3/t20-,25?/m0/s1. The van der Waals surface area contributed by atoms with Gasteiger partial charge in [0.25, 0.3) is 5.92 Å². The summed E-state index contributed by atoms with van der Waals surface area (Å²) >= 11 is 0. The van der Waals surface area contributed by atoms with E-state index in [0.29, 0.717) is 17.5 Å². The number of amides is 3. The highest BCUT2D eigenvalue weighted by Gasteiger charge is 2.50. The first kappa shape index (κ1) is 29.4. The summed E-state index contributed by atoms with van der Waals surface area (Å²) in [6, 6.07) is 10.5. The number of halogens is 3. The Labute approximate surface area is 232 Å². The van der Waals surface area contributed by atoms with Crippen molar-refractivity contribution in [2.24, 2.45) is 5.92 Å². The van der Waals surface area contributed by atoms with E-state index in [-0.39, 0.29) is 18.8 Å². The van der Waals surface area contributed by atoms with E-state index in [2.05, 4.69) is 0 Å². The van der Waals surface area contributed by atoms with Crippen molar-refractivity contribution in [3.63, 3.8) is 0 Å². The van der Waals surface area contributed by atoms with Crippen molar-refractivity contribution in [2.75, 3.05) is 25.0 Å². The first-order valence-corrected chi connectivity index (χ1v) is 13.4.